The van der Waals surface area contributed by atoms with Crippen LogP contribution in [-0.4, -0.2) is 9.13 Å². The molecule has 2 aromatic heterocycles. The molecule has 0 fully saturated rings. The smallest absolute Gasteiger partial charge is 0.309 e. The minimum Gasteiger partial charge on any atom is -0.309 e. The molecule has 0 amide bonds. The number of fused-ring (bicyclic) bond motifs is 6. The van der Waals surface area contributed by atoms with Gasteiger partial charge in [0.1, 0.15) is 11.4 Å². The van der Waals surface area contributed by atoms with Crippen LogP contribution in [0.5, 0.6) is 0 Å². The number of rotatable bonds is 3. The van der Waals surface area contributed by atoms with Gasteiger partial charge in [-0.15, -0.1) is 0 Å². The third-order valence-corrected chi connectivity index (χ3v) is 12.3. The average molecular weight is 849 g/mol. The Labute approximate surface area is 358 Å². The van der Waals surface area contributed by atoms with E-state index in [9.17, 15) is 4.39 Å². The highest BCUT2D eigenvalue weighted by molar-refractivity contribution is 6.11. The first-order valence-electron chi connectivity index (χ1n) is 20.8. The summed E-state index contributed by atoms with van der Waals surface area (Å²) in [6, 6.07) is 25.2. The third-order valence-electron chi connectivity index (χ3n) is 12.3. The Bertz CT molecular complexity index is 2820. The van der Waals surface area contributed by atoms with Crippen LogP contribution in [0.1, 0.15) is 111 Å². The zero-order chi connectivity index (χ0) is 45.4. The maximum absolute atomic E-state index is 16.7. The molecule has 6 aromatic carbocycles. The largest absolute Gasteiger partial charge is 0.420 e. The summed E-state index contributed by atoms with van der Waals surface area (Å²) < 4.78 is 115. The number of halogens is 7. The van der Waals surface area contributed by atoms with E-state index in [4.69, 9.17) is 0 Å². The first-order valence-corrected chi connectivity index (χ1v) is 20.8. The van der Waals surface area contributed by atoms with Crippen molar-refractivity contribution in [2.75, 3.05) is 0 Å². The van der Waals surface area contributed by atoms with Gasteiger partial charge in [-0.3, -0.25) is 0 Å². The molecule has 2 heterocycles. The van der Waals surface area contributed by atoms with E-state index < -0.39 is 79.2 Å². The summed E-state index contributed by atoms with van der Waals surface area (Å²) in [5.74, 6) is -7.00. The van der Waals surface area contributed by atoms with Gasteiger partial charge < -0.3 is 9.13 Å². The van der Waals surface area contributed by atoms with E-state index in [-0.39, 0.29) is 6.07 Å². The molecule has 0 radical (unpaired) electrons. The number of benzene rings is 6. The fourth-order valence-electron chi connectivity index (χ4n) is 8.65. The van der Waals surface area contributed by atoms with E-state index in [1.165, 1.54) is 9.13 Å². The molecule has 0 unspecified atom stereocenters. The number of hydrogen-bond acceptors (Lipinski definition) is 0. The predicted molar refractivity (Wildman–Crippen MR) is 240 cm³/mol. The molecule has 322 valence electrons. The molecule has 8 aromatic rings. The molecule has 0 spiro atoms. The van der Waals surface area contributed by atoms with E-state index in [2.05, 4.69) is 0 Å². The maximum atomic E-state index is 16.7. The van der Waals surface area contributed by atoms with E-state index in [0.29, 0.717) is 43.6 Å². The fourth-order valence-corrected chi connectivity index (χ4v) is 8.65. The second kappa shape index (κ2) is 14.0. The fraction of sp³-hybridized carbons (Fsp3) is 0.321. The standard InChI is InChI=1S/C53H51F7N2/c1-49(2,3)29-13-17-33-34-18-14-30(50(4,5)6)24-40(34)61(39(33)23-29)43-21-28(45-37(54)27-38(55)47(56)48(45)57)22-44(46(43)53(58,59)60)62-41-25-31(51(7,8)9)15-19-35(41)36-20-16-32(26-42(36)62)52(10,11)12/h13-27H,1-12H3. The average Bonchev–Trinajstić information content (AvgIpc) is 3.66. The molecule has 0 bridgehead atoms. The number of alkyl halides is 3. The van der Waals surface area contributed by atoms with Crippen LogP contribution in [0.2, 0.25) is 0 Å². The first-order chi connectivity index (χ1) is 28.6. The molecule has 62 heavy (non-hydrogen) atoms. The van der Waals surface area contributed by atoms with Crippen LogP contribution in [0.3, 0.4) is 0 Å². The van der Waals surface area contributed by atoms with Crippen molar-refractivity contribution in [2.24, 2.45) is 0 Å². The monoisotopic (exact) mass is 848 g/mol. The van der Waals surface area contributed by atoms with Crippen molar-refractivity contribution in [3.05, 3.63) is 142 Å². The van der Waals surface area contributed by atoms with Gasteiger partial charge in [0.25, 0.3) is 0 Å². The second-order valence-electron chi connectivity index (χ2n) is 20.8. The summed E-state index contributed by atoms with van der Waals surface area (Å²) >= 11 is 0. The third kappa shape index (κ3) is 7.05. The Morgan fingerprint density at radius 1 is 0.371 bits per heavy atom. The van der Waals surface area contributed by atoms with Crippen LogP contribution < -0.4 is 0 Å². The summed E-state index contributed by atoms with van der Waals surface area (Å²) in [5.41, 5.74) is 0.143. The van der Waals surface area contributed by atoms with Gasteiger partial charge >= 0.3 is 6.18 Å². The molecular formula is C53H51F7N2. The van der Waals surface area contributed by atoms with Crippen molar-refractivity contribution in [1.82, 2.24) is 9.13 Å². The second-order valence-corrected chi connectivity index (χ2v) is 20.8. The molecule has 0 atom stereocenters. The van der Waals surface area contributed by atoms with E-state index >= 15 is 26.3 Å². The van der Waals surface area contributed by atoms with Crippen molar-refractivity contribution >= 4 is 43.6 Å². The minimum absolute atomic E-state index is 0.224. The van der Waals surface area contributed by atoms with Crippen molar-refractivity contribution in [3.63, 3.8) is 0 Å². The molecule has 0 aliphatic carbocycles. The van der Waals surface area contributed by atoms with Crippen LogP contribution in [0, 0.1) is 23.3 Å². The number of hydrogen-bond donors (Lipinski definition) is 0. The lowest BCUT2D eigenvalue weighted by Crippen LogP contribution is -2.17. The lowest BCUT2D eigenvalue weighted by Gasteiger charge is -2.25. The Kier molecular flexibility index (Phi) is 9.71. The van der Waals surface area contributed by atoms with E-state index in [1.54, 1.807) is 0 Å². The molecule has 9 heteroatoms. The van der Waals surface area contributed by atoms with Crippen molar-refractivity contribution < 1.29 is 30.7 Å². The zero-order valence-corrected chi connectivity index (χ0v) is 37.2. The summed E-state index contributed by atoms with van der Waals surface area (Å²) in [6.45, 7) is 24.1. The van der Waals surface area contributed by atoms with Crippen molar-refractivity contribution in [3.8, 4) is 22.5 Å². The van der Waals surface area contributed by atoms with Crippen LogP contribution in [0.15, 0.2) is 91.0 Å². The van der Waals surface area contributed by atoms with Gasteiger partial charge in [-0.2, -0.15) is 13.2 Å². The molecule has 0 aliphatic rings. The molecule has 0 saturated heterocycles. The molecule has 2 nitrogen and oxygen atoms in total. The SMILES string of the molecule is CC(C)(C)c1ccc2c3ccc(C(C)(C)C)cc3n(-c3cc(-c4c(F)cc(F)c(F)c4F)cc(-n4c5cc(C(C)(C)C)ccc5c5ccc(C(C)(C)C)cc54)c3C(F)(F)F)c2c1. The number of nitrogens with zero attached hydrogens (tertiary/aromatic N) is 2. The van der Waals surface area contributed by atoms with Crippen molar-refractivity contribution in [1.29, 1.82) is 0 Å². The van der Waals surface area contributed by atoms with Gasteiger partial charge in [0.2, 0.25) is 0 Å². The Hall–Kier alpha value is -5.57. The normalized spacial score (nSPS) is 13.4. The Balaban J connectivity index is 1.68. The van der Waals surface area contributed by atoms with Crippen molar-refractivity contribution in [2.45, 2.75) is 111 Å². The highest BCUT2D eigenvalue weighted by Crippen LogP contribution is 2.48. The van der Waals surface area contributed by atoms with Crippen LogP contribution >= 0.6 is 0 Å². The topological polar surface area (TPSA) is 9.86 Å². The van der Waals surface area contributed by atoms with Crippen LogP contribution in [0.25, 0.3) is 66.1 Å². The lowest BCUT2D eigenvalue weighted by molar-refractivity contribution is -0.137. The summed E-state index contributed by atoms with van der Waals surface area (Å²) in [4.78, 5) is 0. The highest BCUT2D eigenvalue weighted by atomic mass is 19.4. The van der Waals surface area contributed by atoms with Gasteiger partial charge in [0.05, 0.1) is 39.0 Å². The summed E-state index contributed by atoms with van der Waals surface area (Å²) in [5, 5.41) is 2.67. The van der Waals surface area contributed by atoms with Gasteiger partial charge in [0, 0.05) is 27.6 Å². The molecular weight excluding hydrogens is 798 g/mol. The predicted octanol–water partition coefficient (Wildman–Crippen LogP) is 16.3. The minimum atomic E-state index is -5.08. The molecule has 0 N–H and O–H groups in total. The quantitative estimate of drug-likeness (QED) is 0.0952. The highest BCUT2D eigenvalue weighted by Gasteiger charge is 2.40. The molecule has 0 aliphatic heterocycles. The van der Waals surface area contributed by atoms with Crippen LogP contribution in [-0.2, 0) is 27.8 Å². The first kappa shape index (κ1) is 43.1. The van der Waals surface area contributed by atoms with Gasteiger partial charge in [0.15, 0.2) is 17.5 Å². The Morgan fingerprint density at radius 2 is 0.677 bits per heavy atom. The van der Waals surface area contributed by atoms with Crippen LogP contribution in [0.4, 0.5) is 30.7 Å². The summed E-state index contributed by atoms with van der Waals surface area (Å²) in [6.07, 6.45) is -5.08. The van der Waals surface area contributed by atoms with Gasteiger partial charge in [-0.1, -0.05) is 132 Å². The zero-order valence-electron chi connectivity index (χ0n) is 37.2. The van der Waals surface area contributed by atoms with E-state index in [1.807, 2.05) is 156 Å². The lowest BCUT2D eigenvalue weighted by atomic mass is 9.86. The molecule has 8 rings (SSSR count). The van der Waals surface area contributed by atoms with Gasteiger partial charge in [-0.25, -0.2) is 17.6 Å². The molecule has 0 saturated carbocycles. The maximum Gasteiger partial charge on any atom is 0.420 e. The Morgan fingerprint density at radius 3 is 0.952 bits per heavy atom. The van der Waals surface area contributed by atoms with Gasteiger partial charge in [-0.05, 0) is 85.9 Å². The number of aromatic nitrogens is 2. The van der Waals surface area contributed by atoms with E-state index in [0.717, 1.165) is 34.4 Å². The summed E-state index contributed by atoms with van der Waals surface area (Å²) in [7, 11) is 0.